The molecule has 1 radical (unpaired) electrons. The number of amides is 1. The molecule has 0 unspecified atom stereocenters. The molecular weight excluding hydrogens is 378 g/mol. The molecule has 1 saturated heterocycles. The average Bonchev–Trinajstić information content (AvgIpc) is 2.56. The predicted octanol–water partition coefficient (Wildman–Crippen LogP) is 4.13. The molecular formula is C21H29ClNO3Si. The highest BCUT2D eigenvalue weighted by Gasteiger charge is 2.53. The number of ketones is 1. The molecule has 1 amide bonds. The van der Waals surface area contributed by atoms with Crippen LogP contribution in [0.1, 0.15) is 43.1 Å². The molecule has 0 aromatic heterocycles. The fourth-order valence-electron chi connectivity index (χ4n) is 4.33. The Bertz CT molecular complexity index is 743. The fraction of sp³-hybridized carbons (Fsp3) is 0.619. The molecule has 1 fully saturated rings. The highest BCUT2D eigenvalue weighted by molar-refractivity contribution is 6.48. The monoisotopic (exact) mass is 406 g/mol. The molecule has 3 rings (SSSR count). The third-order valence-corrected chi connectivity index (χ3v) is 6.91. The zero-order chi connectivity index (χ0) is 19.9. The number of Topliss-reactive ketones (excluding diaryl/α,β-unsaturated/α-hetero) is 1. The number of hydrogen-bond donors (Lipinski definition) is 1. The lowest BCUT2D eigenvalue weighted by molar-refractivity contribution is -0.143. The standard InChI is InChI=1S/C21H29ClNO3Si/c1-21(2,3)16(11-26-27(4)5)17-18(23-20(17)25)14-9-7-12-6-8-13(22)10-15(12)19(14)24/h6,8,10,14,16-18H,7,9,11H2,1-5H3,(H,23,25)/t14-,16-,17+,18-/m1/s1. The second-order valence-electron chi connectivity index (χ2n) is 9.06. The Morgan fingerprint density at radius 3 is 2.59 bits per heavy atom. The van der Waals surface area contributed by atoms with Crippen LogP contribution in [0.5, 0.6) is 0 Å². The summed E-state index contributed by atoms with van der Waals surface area (Å²) in [7, 11) is -0.833. The maximum absolute atomic E-state index is 13.2. The van der Waals surface area contributed by atoms with Crippen molar-refractivity contribution in [1.29, 1.82) is 0 Å². The van der Waals surface area contributed by atoms with E-state index in [0.717, 1.165) is 24.0 Å². The molecule has 1 heterocycles. The fourth-order valence-corrected chi connectivity index (χ4v) is 5.02. The molecule has 1 N–H and O–H groups in total. The Morgan fingerprint density at radius 1 is 1.30 bits per heavy atom. The van der Waals surface area contributed by atoms with E-state index in [1.165, 1.54) is 0 Å². The van der Waals surface area contributed by atoms with Crippen LogP contribution in [0.25, 0.3) is 0 Å². The SMILES string of the molecule is C[Si](C)OC[C@H]([C@@H]1C(=O)N[C@@H]1[C@H]1CCc2ccc(Cl)cc2C1=O)C(C)(C)C. The van der Waals surface area contributed by atoms with Gasteiger partial charge in [0.15, 0.2) is 5.78 Å². The summed E-state index contributed by atoms with van der Waals surface area (Å²) in [5, 5.41) is 3.62. The summed E-state index contributed by atoms with van der Waals surface area (Å²) < 4.78 is 5.99. The smallest absolute Gasteiger partial charge is 0.225 e. The molecule has 6 heteroatoms. The summed E-state index contributed by atoms with van der Waals surface area (Å²) >= 11 is 6.11. The van der Waals surface area contributed by atoms with Gasteiger partial charge in [-0.3, -0.25) is 9.59 Å². The van der Waals surface area contributed by atoms with E-state index in [2.05, 4.69) is 39.2 Å². The first-order valence-corrected chi connectivity index (χ1v) is 12.4. The Kier molecular flexibility index (Phi) is 5.85. The van der Waals surface area contributed by atoms with Gasteiger partial charge in [0.25, 0.3) is 0 Å². The van der Waals surface area contributed by atoms with Crippen molar-refractivity contribution in [2.24, 2.45) is 23.2 Å². The average molecular weight is 407 g/mol. The normalized spacial score (nSPS) is 26.4. The molecule has 1 aromatic rings. The minimum atomic E-state index is -0.833. The van der Waals surface area contributed by atoms with Crippen LogP contribution in [-0.2, 0) is 15.6 Å². The predicted molar refractivity (Wildman–Crippen MR) is 109 cm³/mol. The first-order chi connectivity index (χ1) is 12.6. The molecule has 0 spiro atoms. The van der Waals surface area contributed by atoms with Crippen LogP contribution >= 0.6 is 11.6 Å². The summed E-state index contributed by atoms with van der Waals surface area (Å²) in [5.41, 5.74) is 1.70. The van der Waals surface area contributed by atoms with Crippen molar-refractivity contribution in [3.63, 3.8) is 0 Å². The minimum Gasteiger partial charge on any atom is -0.417 e. The summed E-state index contributed by atoms with van der Waals surface area (Å²) in [4.78, 5) is 25.7. The molecule has 147 valence electrons. The Labute approximate surface area is 168 Å². The second-order valence-corrected chi connectivity index (χ2v) is 11.6. The largest absolute Gasteiger partial charge is 0.417 e. The maximum atomic E-state index is 13.2. The molecule has 1 aromatic carbocycles. The number of nitrogens with one attached hydrogen (secondary N) is 1. The van der Waals surface area contributed by atoms with Gasteiger partial charge in [-0.15, -0.1) is 0 Å². The van der Waals surface area contributed by atoms with Crippen molar-refractivity contribution in [3.05, 3.63) is 34.3 Å². The van der Waals surface area contributed by atoms with E-state index >= 15 is 0 Å². The molecule has 2 aliphatic rings. The van der Waals surface area contributed by atoms with Gasteiger partial charge in [-0.25, -0.2) is 0 Å². The number of carbonyl (C=O) groups is 2. The molecule has 4 nitrogen and oxygen atoms in total. The maximum Gasteiger partial charge on any atom is 0.225 e. The van der Waals surface area contributed by atoms with E-state index in [4.69, 9.17) is 16.0 Å². The van der Waals surface area contributed by atoms with E-state index in [0.29, 0.717) is 11.6 Å². The first kappa shape index (κ1) is 20.6. The number of β-lactam (4-membered cyclic amide) rings is 1. The first-order valence-electron chi connectivity index (χ1n) is 9.65. The van der Waals surface area contributed by atoms with Crippen molar-refractivity contribution >= 4 is 32.3 Å². The number of halogens is 1. The van der Waals surface area contributed by atoms with E-state index in [-0.39, 0.29) is 40.9 Å². The summed E-state index contributed by atoms with van der Waals surface area (Å²) in [6, 6.07) is 5.44. The van der Waals surface area contributed by atoms with Crippen LogP contribution in [-0.4, -0.2) is 33.4 Å². The molecule has 0 bridgehead atoms. The summed E-state index contributed by atoms with van der Waals surface area (Å²) in [5.74, 6) is -0.116. The van der Waals surface area contributed by atoms with Crippen molar-refractivity contribution in [3.8, 4) is 0 Å². The molecule has 1 aliphatic heterocycles. The van der Waals surface area contributed by atoms with Crippen molar-refractivity contribution in [2.75, 3.05) is 6.61 Å². The van der Waals surface area contributed by atoms with Gasteiger partial charge in [-0.1, -0.05) is 38.4 Å². The van der Waals surface area contributed by atoms with E-state index in [9.17, 15) is 9.59 Å². The van der Waals surface area contributed by atoms with Gasteiger partial charge < -0.3 is 9.74 Å². The van der Waals surface area contributed by atoms with Gasteiger partial charge in [0.2, 0.25) is 14.9 Å². The number of rotatable bonds is 5. The van der Waals surface area contributed by atoms with Crippen molar-refractivity contribution in [2.45, 2.75) is 52.7 Å². The van der Waals surface area contributed by atoms with Crippen molar-refractivity contribution in [1.82, 2.24) is 5.32 Å². The molecule has 4 atom stereocenters. The van der Waals surface area contributed by atoms with Crippen LogP contribution < -0.4 is 5.32 Å². The number of aryl methyl sites for hydroxylation is 1. The van der Waals surface area contributed by atoms with Crippen LogP contribution in [0.3, 0.4) is 0 Å². The summed E-state index contributed by atoms with van der Waals surface area (Å²) in [6.45, 7) is 11.2. The van der Waals surface area contributed by atoms with Crippen molar-refractivity contribution < 1.29 is 14.0 Å². The second kappa shape index (κ2) is 7.68. The molecule has 27 heavy (non-hydrogen) atoms. The van der Waals surface area contributed by atoms with Crippen LogP contribution in [0.15, 0.2) is 18.2 Å². The van der Waals surface area contributed by atoms with Crippen LogP contribution in [0.2, 0.25) is 18.1 Å². The van der Waals surface area contributed by atoms with E-state index < -0.39 is 9.04 Å². The van der Waals surface area contributed by atoms with Gasteiger partial charge in [-0.05, 0) is 55.0 Å². The van der Waals surface area contributed by atoms with E-state index in [1.54, 1.807) is 6.07 Å². The highest BCUT2D eigenvalue weighted by Crippen LogP contribution is 2.43. The Balaban J connectivity index is 1.84. The molecule has 1 aliphatic carbocycles. The Morgan fingerprint density at radius 2 is 2.00 bits per heavy atom. The van der Waals surface area contributed by atoms with Crippen LogP contribution in [0.4, 0.5) is 0 Å². The number of benzene rings is 1. The zero-order valence-electron chi connectivity index (χ0n) is 16.8. The third kappa shape index (κ3) is 4.15. The third-order valence-electron chi connectivity index (χ3n) is 5.93. The number of fused-ring (bicyclic) bond motifs is 1. The van der Waals surface area contributed by atoms with Gasteiger partial charge in [0.05, 0.1) is 12.0 Å². The van der Waals surface area contributed by atoms with Gasteiger partial charge in [0.1, 0.15) is 0 Å². The lowest BCUT2D eigenvalue weighted by Crippen LogP contribution is -2.67. The van der Waals surface area contributed by atoms with E-state index in [1.807, 2.05) is 12.1 Å². The lowest BCUT2D eigenvalue weighted by atomic mass is 9.62. The quantitative estimate of drug-likeness (QED) is 0.590. The molecule has 0 saturated carbocycles. The number of carbonyl (C=O) groups excluding carboxylic acids is 2. The van der Waals surface area contributed by atoms with Gasteiger partial charge in [0, 0.05) is 23.1 Å². The highest BCUT2D eigenvalue weighted by atomic mass is 35.5. The zero-order valence-corrected chi connectivity index (χ0v) is 18.5. The lowest BCUT2D eigenvalue weighted by Gasteiger charge is -2.49. The topological polar surface area (TPSA) is 55.4 Å². The van der Waals surface area contributed by atoms with Gasteiger partial charge in [-0.2, -0.15) is 0 Å². The Hall–Kier alpha value is -1.17. The minimum absolute atomic E-state index is 0.0502. The van der Waals surface area contributed by atoms with Gasteiger partial charge >= 0.3 is 0 Å². The summed E-state index contributed by atoms with van der Waals surface area (Å²) in [6.07, 6.45) is 1.61. The van der Waals surface area contributed by atoms with Crippen LogP contribution in [0, 0.1) is 23.2 Å². The number of hydrogen-bond acceptors (Lipinski definition) is 3.